The van der Waals surface area contributed by atoms with E-state index in [4.69, 9.17) is 0 Å². The van der Waals surface area contributed by atoms with Crippen molar-refractivity contribution in [3.05, 3.63) is 17.2 Å². The van der Waals surface area contributed by atoms with Crippen LogP contribution in [0.15, 0.2) is 0 Å². The largest absolute Gasteiger partial charge is 0.427 e. The molecule has 0 bridgehead atoms. The summed E-state index contributed by atoms with van der Waals surface area (Å²) in [6.45, 7) is 3.54. The Morgan fingerprint density at radius 2 is 1.53 bits per heavy atom. The molecule has 3 N–H and O–H groups in total. The number of hydrogen-bond acceptors (Lipinski definition) is 6. The Morgan fingerprint density at radius 3 is 1.95 bits per heavy atom. The minimum Gasteiger partial charge on any atom is -0.427 e. The van der Waals surface area contributed by atoms with Crippen LogP contribution < -0.4 is 0 Å². The molecule has 1 aromatic heterocycles. The molecule has 106 valence electrons. The van der Waals surface area contributed by atoms with Gasteiger partial charge in [-0.25, -0.2) is 4.98 Å². The lowest BCUT2D eigenvalue weighted by Crippen LogP contribution is -2.37. The van der Waals surface area contributed by atoms with Gasteiger partial charge in [0.2, 0.25) is 0 Å². The highest BCUT2D eigenvalue weighted by Gasteiger charge is 2.50. The van der Waals surface area contributed by atoms with Crippen LogP contribution in [0.3, 0.4) is 0 Å². The van der Waals surface area contributed by atoms with Gasteiger partial charge in [-0.1, -0.05) is 12.8 Å². The van der Waals surface area contributed by atoms with Crippen molar-refractivity contribution < 1.29 is 15.6 Å². The van der Waals surface area contributed by atoms with Crippen molar-refractivity contribution in [2.45, 2.75) is 57.8 Å². The van der Waals surface area contributed by atoms with Crippen molar-refractivity contribution in [3.8, 4) is 0 Å². The van der Waals surface area contributed by atoms with Crippen LogP contribution in [-0.2, 0) is 0 Å². The third-order valence-electron chi connectivity index (χ3n) is 4.45. The second-order valence-corrected chi connectivity index (χ2v) is 5.51. The zero-order valence-corrected chi connectivity index (χ0v) is 11.2. The lowest BCUT2D eigenvalue weighted by Gasteiger charge is -2.27. The number of hydroxylamine groups is 4. The van der Waals surface area contributed by atoms with E-state index in [1.54, 1.807) is 13.8 Å². The summed E-state index contributed by atoms with van der Waals surface area (Å²) in [6, 6.07) is -0.192. The zero-order valence-electron chi connectivity index (χ0n) is 11.2. The van der Waals surface area contributed by atoms with Crippen LogP contribution in [0.4, 0.5) is 0 Å². The van der Waals surface area contributed by atoms with Gasteiger partial charge in [-0.2, -0.15) is 14.9 Å². The van der Waals surface area contributed by atoms with Gasteiger partial charge in [-0.15, -0.1) is 0 Å². The van der Waals surface area contributed by atoms with E-state index in [1.807, 2.05) is 0 Å². The SMILES string of the molecule is Cc1nc(C2N(O)[C@@H]3CCCC[C@H]3N2O)n(O)c1C. The Kier molecular flexibility index (Phi) is 3.01. The van der Waals surface area contributed by atoms with Crippen molar-refractivity contribution in [2.24, 2.45) is 0 Å². The van der Waals surface area contributed by atoms with E-state index in [9.17, 15) is 15.6 Å². The minimum atomic E-state index is -0.800. The summed E-state index contributed by atoms with van der Waals surface area (Å²) < 4.78 is 0.948. The zero-order chi connectivity index (χ0) is 13.7. The molecule has 3 rings (SSSR count). The van der Waals surface area contributed by atoms with Gasteiger partial charge in [0.1, 0.15) is 0 Å². The molecule has 0 amide bonds. The molecule has 0 spiro atoms. The first-order valence-electron chi connectivity index (χ1n) is 6.72. The van der Waals surface area contributed by atoms with E-state index >= 15 is 0 Å². The fraction of sp³-hybridized carbons (Fsp3) is 0.750. The third kappa shape index (κ3) is 1.77. The summed E-state index contributed by atoms with van der Waals surface area (Å²) in [7, 11) is 0. The Bertz CT molecular complexity index is 472. The van der Waals surface area contributed by atoms with Gasteiger partial charge in [-0.05, 0) is 26.7 Å². The van der Waals surface area contributed by atoms with Gasteiger partial charge in [0.25, 0.3) is 0 Å². The predicted molar refractivity (Wildman–Crippen MR) is 64.9 cm³/mol. The molecule has 0 unspecified atom stereocenters. The summed E-state index contributed by atoms with van der Waals surface area (Å²) in [5, 5.41) is 32.9. The summed E-state index contributed by atoms with van der Waals surface area (Å²) in [5.74, 6) is 0.259. The maximum Gasteiger partial charge on any atom is 0.181 e. The predicted octanol–water partition coefficient (Wildman–Crippen LogP) is 1.44. The number of aromatic nitrogens is 2. The average molecular weight is 268 g/mol. The van der Waals surface area contributed by atoms with E-state index in [1.165, 1.54) is 0 Å². The molecule has 0 aromatic carbocycles. The Morgan fingerprint density at radius 1 is 1.00 bits per heavy atom. The Hall–Kier alpha value is -1.15. The number of imidazole rings is 1. The molecule has 2 atom stereocenters. The van der Waals surface area contributed by atoms with Crippen molar-refractivity contribution >= 4 is 0 Å². The van der Waals surface area contributed by atoms with Gasteiger partial charge >= 0.3 is 0 Å². The van der Waals surface area contributed by atoms with Crippen LogP contribution in [0.5, 0.6) is 0 Å². The van der Waals surface area contributed by atoms with Crippen molar-refractivity contribution in [3.63, 3.8) is 0 Å². The summed E-state index contributed by atoms with van der Waals surface area (Å²) in [5.41, 5.74) is 1.31. The number of nitrogens with zero attached hydrogens (tertiary/aromatic N) is 4. The van der Waals surface area contributed by atoms with E-state index < -0.39 is 6.17 Å². The highest BCUT2D eigenvalue weighted by Crippen LogP contribution is 2.40. The molecule has 7 heteroatoms. The van der Waals surface area contributed by atoms with Crippen LogP contribution in [-0.4, -0.2) is 47.5 Å². The molecule has 1 aromatic rings. The van der Waals surface area contributed by atoms with Gasteiger partial charge in [0.05, 0.1) is 23.5 Å². The topological polar surface area (TPSA) is 85.0 Å². The van der Waals surface area contributed by atoms with E-state index in [-0.39, 0.29) is 17.9 Å². The normalized spacial score (nSPS) is 29.9. The second-order valence-electron chi connectivity index (χ2n) is 5.51. The fourth-order valence-electron chi connectivity index (χ4n) is 3.22. The van der Waals surface area contributed by atoms with Gasteiger partial charge in [0.15, 0.2) is 12.0 Å². The number of hydrogen-bond donors (Lipinski definition) is 3. The molecular formula is C12H20N4O3. The van der Waals surface area contributed by atoms with Crippen molar-refractivity contribution in [2.75, 3.05) is 0 Å². The number of rotatable bonds is 1. The van der Waals surface area contributed by atoms with Crippen LogP contribution in [0.1, 0.15) is 49.1 Å². The molecule has 2 heterocycles. The monoisotopic (exact) mass is 268 g/mol. The van der Waals surface area contributed by atoms with Gasteiger partial charge < -0.3 is 15.6 Å². The third-order valence-corrected chi connectivity index (χ3v) is 4.45. The highest BCUT2D eigenvalue weighted by molar-refractivity contribution is 5.16. The standard InChI is InChI=1S/C12H20N4O3/c1-7-8(2)14(17)11(13-7)12-15(18)9-5-3-4-6-10(9)16(12)19/h9-10,12,17-19H,3-6H2,1-2H3/t9-,10-/m1/s1. The first kappa shape index (κ1) is 12.9. The van der Waals surface area contributed by atoms with Crippen molar-refractivity contribution in [1.29, 1.82) is 0 Å². The van der Waals surface area contributed by atoms with Crippen molar-refractivity contribution in [1.82, 2.24) is 19.8 Å². The van der Waals surface area contributed by atoms with E-state index in [0.717, 1.165) is 40.5 Å². The summed E-state index contributed by atoms with van der Waals surface area (Å²) >= 11 is 0. The first-order chi connectivity index (χ1) is 9.02. The number of fused-ring (bicyclic) bond motifs is 1. The molecule has 19 heavy (non-hydrogen) atoms. The smallest absolute Gasteiger partial charge is 0.181 e. The van der Waals surface area contributed by atoms with Crippen LogP contribution in [0.2, 0.25) is 0 Å². The molecule has 1 saturated heterocycles. The van der Waals surface area contributed by atoms with Crippen LogP contribution >= 0.6 is 0 Å². The van der Waals surface area contributed by atoms with E-state index in [0.29, 0.717) is 11.4 Å². The summed E-state index contributed by atoms with van der Waals surface area (Å²) in [6.07, 6.45) is 2.98. The molecule has 1 aliphatic heterocycles. The molecular weight excluding hydrogens is 248 g/mol. The average Bonchev–Trinajstić information content (AvgIpc) is 2.80. The summed E-state index contributed by atoms with van der Waals surface area (Å²) in [4.78, 5) is 4.26. The van der Waals surface area contributed by atoms with Gasteiger partial charge in [-0.3, -0.25) is 0 Å². The molecule has 2 aliphatic rings. The fourth-order valence-corrected chi connectivity index (χ4v) is 3.22. The minimum absolute atomic E-state index is 0.0962. The molecule has 0 radical (unpaired) electrons. The number of aryl methyl sites for hydroxylation is 1. The van der Waals surface area contributed by atoms with E-state index in [2.05, 4.69) is 4.98 Å². The first-order valence-corrected chi connectivity index (χ1v) is 6.72. The quantitative estimate of drug-likeness (QED) is 0.668. The lowest BCUT2D eigenvalue weighted by molar-refractivity contribution is -0.217. The molecule has 7 nitrogen and oxygen atoms in total. The van der Waals surface area contributed by atoms with Crippen LogP contribution in [0, 0.1) is 13.8 Å². The van der Waals surface area contributed by atoms with Gasteiger partial charge in [0, 0.05) is 0 Å². The molecule has 1 saturated carbocycles. The highest BCUT2D eigenvalue weighted by atomic mass is 16.6. The second kappa shape index (κ2) is 4.45. The lowest BCUT2D eigenvalue weighted by atomic mass is 9.91. The Labute approximate surface area is 111 Å². The van der Waals surface area contributed by atoms with Crippen LogP contribution in [0.25, 0.3) is 0 Å². The Balaban J connectivity index is 1.98. The maximum atomic E-state index is 10.3. The maximum absolute atomic E-state index is 10.3. The molecule has 1 aliphatic carbocycles. The molecule has 2 fully saturated rings.